The van der Waals surface area contributed by atoms with E-state index in [2.05, 4.69) is 40.7 Å². The zero-order valence-electron chi connectivity index (χ0n) is 13.7. The van der Waals surface area contributed by atoms with Gasteiger partial charge in [0.2, 0.25) is 0 Å². The van der Waals surface area contributed by atoms with Crippen LogP contribution in [-0.4, -0.2) is 39.0 Å². The summed E-state index contributed by atoms with van der Waals surface area (Å²) in [6.07, 6.45) is 0.743. The number of aryl methyl sites for hydroxylation is 1. The maximum absolute atomic E-state index is 11.5. The van der Waals surface area contributed by atoms with Crippen LogP contribution >= 0.6 is 24.0 Å². The van der Waals surface area contributed by atoms with Gasteiger partial charge in [0.1, 0.15) is 0 Å². The third-order valence-corrected chi connectivity index (χ3v) is 5.57. The van der Waals surface area contributed by atoms with E-state index >= 15 is 0 Å². The lowest BCUT2D eigenvalue weighted by Crippen LogP contribution is -2.40. The number of guanidine groups is 1. The van der Waals surface area contributed by atoms with E-state index in [9.17, 15) is 8.42 Å². The average molecular weight is 451 g/mol. The van der Waals surface area contributed by atoms with Crippen LogP contribution in [0.5, 0.6) is 0 Å². The maximum atomic E-state index is 11.5. The molecule has 130 valence electrons. The largest absolute Gasteiger partial charge is 0.357 e. The molecule has 1 saturated heterocycles. The van der Waals surface area contributed by atoms with E-state index in [0.717, 1.165) is 18.9 Å². The van der Waals surface area contributed by atoms with Gasteiger partial charge in [0.05, 0.1) is 18.1 Å². The van der Waals surface area contributed by atoms with Gasteiger partial charge >= 0.3 is 0 Å². The molecular formula is C16H26IN3O2S. The second-order valence-electron chi connectivity index (χ2n) is 5.83. The van der Waals surface area contributed by atoms with Gasteiger partial charge in [0, 0.05) is 13.1 Å². The van der Waals surface area contributed by atoms with Gasteiger partial charge in [-0.15, -0.1) is 24.0 Å². The van der Waals surface area contributed by atoms with Crippen LogP contribution in [-0.2, 0) is 16.4 Å². The van der Waals surface area contributed by atoms with Gasteiger partial charge in [0.25, 0.3) is 0 Å². The highest BCUT2D eigenvalue weighted by Gasteiger charge is 2.27. The number of nitrogens with one attached hydrogen (secondary N) is 2. The van der Waals surface area contributed by atoms with Crippen molar-refractivity contribution in [2.24, 2.45) is 10.9 Å². The second kappa shape index (κ2) is 9.46. The van der Waals surface area contributed by atoms with Gasteiger partial charge in [-0.25, -0.2) is 13.4 Å². The monoisotopic (exact) mass is 451 g/mol. The number of halogens is 1. The molecule has 0 bridgehead atoms. The highest BCUT2D eigenvalue weighted by molar-refractivity contribution is 14.0. The summed E-state index contributed by atoms with van der Waals surface area (Å²) >= 11 is 0. The van der Waals surface area contributed by atoms with E-state index in [-0.39, 0.29) is 35.6 Å². The first-order chi connectivity index (χ1) is 10.5. The summed E-state index contributed by atoms with van der Waals surface area (Å²) in [4.78, 5) is 4.57. The van der Waals surface area contributed by atoms with Crippen LogP contribution in [0.25, 0.3) is 0 Å². The number of hydrogen-bond acceptors (Lipinski definition) is 3. The van der Waals surface area contributed by atoms with E-state index < -0.39 is 9.84 Å². The first-order valence-corrected chi connectivity index (χ1v) is 9.59. The van der Waals surface area contributed by atoms with Gasteiger partial charge in [0.15, 0.2) is 15.8 Å². The van der Waals surface area contributed by atoms with Gasteiger partial charge in [-0.2, -0.15) is 0 Å². The molecule has 0 aliphatic carbocycles. The lowest BCUT2D eigenvalue weighted by Gasteiger charge is -2.14. The predicted molar refractivity (Wildman–Crippen MR) is 106 cm³/mol. The third kappa shape index (κ3) is 7.07. The molecule has 2 N–H and O–H groups in total. The van der Waals surface area contributed by atoms with E-state index in [0.29, 0.717) is 18.8 Å². The molecule has 7 heteroatoms. The van der Waals surface area contributed by atoms with Crippen LogP contribution in [0.3, 0.4) is 0 Å². The molecular weight excluding hydrogens is 425 g/mol. The molecule has 23 heavy (non-hydrogen) atoms. The molecule has 1 unspecified atom stereocenters. The van der Waals surface area contributed by atoms with E-state index in [1.54, 1.807) is 0 Å². The molecule has 1 aliphatic heterocycles. The third-order valence-electron chi connectivity index (χ3n) is 3.73. The molecule has 1 fully saturated rings. The molecule has 0 saturated carbocycles. The topological polar surface area (TPSA) is 70.6 Å². The Bertz CT molecular complexity index is 632. The second-order valence-corrected chi connectivity index (χ2v) is 8.06. The fraction of sp³-hybridized carbons (Fsp3) is 0.562. The van der Waals surface area contributed by atoms with Crippen LogP contribution in [0, 0.1) is 12.8 Å². The number of nitrogens with zero attached hydrogens (tertiary/aromatic N) is 1. The lowest BCUT2D eigenvalue weighted by atomic mass is 10.1. The molecule has 1 aromatic rings. The highest BCUT2D eigenvalue weighted by Crippen LogP contribution is 2.17. The van der Waals surface area contributed by atoms with Gasteiger partial charge in [-0.05, 0) is 31.7 Å². The van der Waals surface area contributed by atoms with Crippen molar-refractivity contribution in [3.63, 3.8) is 0 Å². The Balaban J connectivity index is 0.00000264. The molecule has 0 radical (unpaired) electrons. The van der Waals surface area contributed by atoms with E-state index in [1.807, 2.05) is 13.0 Å². The smallest absolute Gasteiger partial charge is 0.191 e. The van der Waals surface area contributed by atoms with Crippen molar-refractivity contribution in [1.29, 1.82) is 0 Å². The van der Waals surface area contributed by atoms with Gasteiger partial charge in [-0.3, -0.25) is 0 Å². The van der Waals surface area contributed by atoms with Crippen molar-refractivity contribution in [1.82, 2.24) is 10.6 Å². The molecule has 1 aliphatic rings. The van der Waals surface area contributed by atoms with Crippen LogP contribution in [0.4, 0.5) is 0 Å². The standard InChI is InChI=1S/C16H25N3O2S.HI/c1-3-17-16(18-10-14-6-4-5-13(2)9-14)19-11-15-7-8-22(20,21)12-15;/h4-6,9,15H,3,7-8,10-12H2,1-2H3,(H2,17,18,19);1H. The van der Waals surface area contributed by atoms with Crippen molar-refractivity contribution < 1.29 is 8.42 Å². The zero-order chi connectivity index (χ0) is 16.0. The molecule has 0 aromatic heterocycles. The summed E-state index contributed by atoms with van der Waals surface area (Å²) < 4.78 is 23.0. The Kier molecular flexibility index (Phi) is 8.32. The summed E-state index contributed by atoms with van der Waals surface area (Å²) in [5.74, 6) is 1.54. The molecule has 0 spiro atoms. The average Bonchev–Trinajstić information content (AvgIpc) is 2.81. The summed E-state index contributed by atoms with van der Waals surface area (Å²) in [6, 6.07) is 8.28. The Labute approximate surface area is 156 Å². The summed E-state index contributed by atoms with van der Waals surface area (Å²) in [7, 11) is -2.82. The number of hydrogen-bond donors (Lipinski definition) is 2. The molecule has 1 atom stereocenters. The highest BCUT2D eigenvalue weighted by atomic mass is 127. The van der Waals surface area contributed by atoms with Crippen molar-refractivity contribution in [2.75, 3.05) is 24.6 Å². The Morgan fingerprint density at radius 1 is 1.35 bits per heavy atom. The van der Waals surface area contributed by atoms with Crippen molar-refractivity contribution in [3.8, 4) is 0 Å². The summed E-state index contributed by atoms with van der Waals surface area (Å²) in [5, 5.41) is 6.46. The fourth-order valence-electron chi connectivity index (χ4n) is 2.60. The van der Waals surface area contributed by atoms with Crippen LogP contribution in [0.15, 0.2) is 29.3 Å². The SMILES string of the molecule is CCNC(=NCc1cccc(C)c1)NCC1CCS(=O)(=O)C1.I. The minimum Gasteiger partial charge on any atom is -0.357 e. The normalized spacial score (nSPS) is 19.9. The molecule has 1 aromatic carbocycles. The number of benzene rings is 1. The first kappa shape index (κ1) is 20.2. The zero-order valence-corrected chi connectivity index (χ0v) is 16.9. The first-order valence-electron chi connectivity index (χ1n) is 7.76. The van der Waals surface area contributed by atoms with E-state index in [1.165, 1.54) is 11.1 Å². The van der Waals surface area contributed by atoms with Crippen LogP contribution < -0.4 is 10.6 Å². The quantitative estimate of drug-likeness (QED) is 0.409. The van der Waals surface area contributed by atoms with E-state index in [4.69, 9.17) is 0 Å². The number of sulfone groups is 1. The summed E-state index contributed by atoms with van der Waals surface area (Å²) in [6.45, 7) is 6.13. The number of rotatable bonds is 5. The van der Waals surface area contributed by atoms with Crippen LogP contribution in [0.2, 0.25) is 0 Å². The fourth-order valence-corrected chi connectivity index (χ4v) is 4.46. The lowest BCUT2D eigenvalue weighted by molar-refractivity contribution is 0.567. The van der Waals surface area contributed by atoms with Gasteiger partial charge in [-0.1, -0.05) is 29.8 Å². The van der Waals surface area contributed by atoms with Gasteiger partial charge < -0.3 is 10.6 Å². The molecule has 1 heterocycles. The molecule has 2 rings (SSSR count). The van der Waals surface area contributed by atoms with Crippen molar-refractivity contribution >= 4 is 39.8 Å². The Morgan fingerprint density at radius 2 is 2.13 bits per heavy atom. The van der Waals surface area contributed by atoms with Crippen LogP contribution in [0.1, 0.15) is 24.5 Å². The minimum atomic E-state index is -2.82. The van der Waals surface area contributed by atoms with Crippen molar-refractivity contribution in [2.45, 2.75) is 26.8 Å². The van der Waals surface area contributed by atoms with Crippen molar-refractivity contribution in [3.05, 3.63) is 35.4 Å². The minimum absolute atomic E-state index is 0. The molecule has 5 nitrogen and oxygen atoms in total. The predicted octanol–water partition coefficient (Wildman–Crippen LogP) is 2.10. The number of aliphatic imine (C=N–C) groups is 1. The molecule has 0 amide bonds. The Morgan fingerprint density at radius 3 is 2.74 bits per heavy atom. The maximum Gasteiger partial charge on any atom is 0.191 e. The Hall–Kier alpha value is -0.830. The summed E-state index contributed by atoms with van der Waals surface area (Å²) in [5.41, 5.74) is 2.39.